The van der Waals surface area contributed by atoms with Gasteiger partial charge < -0.3 is 10.4 Å². The highest BCUT2D eigenvalue weighted by Crippen LogP contribution is 2.30. The highest BCUT2D eigenvalue weighted by Gasteiger charge is 2.30. The Balaban J connectivity index is 1.73. The summed E-state index contributed by atoms with van der Waals surface area (Å²) in [6, 6.07) is 4.86. The standard InChI is InChI=1S/C13H21NOS/c1-2-13(15)7-5-11(6-8-13)14-10-12-4-3-9-16-12/h3-4,9,11,14-15H,2,5-8,10H2,1H3. The first-order valence-electron chi connectivity index (χ1n) is 6.20. The summed E-state index contributed by atoms with van der Waals surface area (Å²) in [5.74, 6) is 0. The van der Waals surface area contributed by atoms with E-state index >= 15 is 0 Å². The van der Waals surface area contributed by atoms with Gasteiger partial charge in [0.15, 0.2) is 0 Å². The van der Waals surface area contributed by atoms with Crippen LogP contribution < -0.4 is 5.32 Å². The maximum Gasteiger partial charge on any atom is 0.0646 e. The maximum atomic E-state index is 10.1. The van der Waals surface area contributed by atoms with Gasteiger partial charge >= 0.3 is 0 Å². The van der Waals surface area contributed by atoms with E-state index in [0.29, 0.717) is 6.04 Å². The van der Waals surface area contributed by atoms with Crippen molar-refractivity contribution in [3.05, 3.63) is 22.4 Å². The van der Waals surface area contributed by atoms with Crippen LogP contribution in [0.25, 0.3) is 0 Å². The molecule has 0 aliphatic heterocycles. The molecule has 16 heavy (non-hydrogen) atoms. The van der Waals surface area contributed by atoms with E-state index in [9.17, 15) is 5.11 Å². The van der Waals surface area contributed by atoms with Gasteiger partial charge in [-0.25, -0.2) is 0 Å². The fourth-order valence-corrected chi connectivity index (χ4v) is 3.03. The average molecular weight is 239 g/mol. The highest BCUT2D eigenvalue weighted by molar-refractivity contribution is 7.09. The first-order valence-corrected chi connectivity index (χ1v) is 7.08. The predicted octanol–water partition coefficient (Wildman–Crippen LogP) is 2.92. The molecule has 1 aliphatic rings. The third kappa shape index (κ3) is 3.06. The van der Waals surface area contributed by atoms with Crippen LogP contribution in [0.15, 0.2) is 17.5 Å². The lowest BCUT2D eigenvalue weighted by atomic mass is 9.80. The molecule has 3 heteroatoms. The Morgan fingerprint density at radius 3 is 2.81 bits per heavy atom. The van der Waals surface area contributed by atoms with Gasteiger partial charge in [-0.1, -0.05) is 13.0 Å². The molecule has 1 heterocycles. The molecule has 2 nitrogen and oxygen atoms in total. The molecule has 1 aromatic rings. The molecule has 1 saturated carbocycles. The van der Waals surface area contributed by atoms with Crippen molar-refractivity contribution in [1.82, 2.24) is 5.32 Å². The van der Waals surface area contributed by atoms with Gasteiger partial charge in [0, 0.05) is 17.5 Å². The molecular formula is C13H21NOS. The van der Waals surface area contributed by atoms with Crippen LogP contribution in [0.3, 0.4) is 0 Å². The quantitative estimate of drug-likeness (QED) is 0.846. The second kappa shape index (κ2) is 5.30. The van der Waals surface area contributed by atoms with E-state index < -0.39 is 0 Å². The van der Waals surface area contributed by atoms with Crippen molar-refractivity contribution in [3.63, 3.8) is 0 Å². The molecular weight excluding hydrogens is 218 g/mol. The van der Waals surface area contributed by atoms with Gasteiger partial charge in [0.25, 0.3) is 0 Å². The van der Waals surface area contributed by atoms with Crippen molar-refractivity contribution in [2.24, 2.45) is 0 Å². The molecule has 2 rings (SSSR count). The van der Waals surface area contributed by atoms with E-state index in [-0.39, 0.29) is 5.60 Å². The van der Waals surface area contributed by atoms with Crippen LogP contribution in [0.5, 0.6) is 0 Å². The fraction of sp³-hybridized carbons (Fsp3) is 0.692. The zero-order valence-electron chi connectivity index (χ0n) is 9.91. The van der Waals surface area contributed by atoms with E-state index in [2.05, 4.69) is 29.8 Å². The summed E-state index contributed by atoms with van der Waals surface area (Å²) >= 11 is 1.80. The minimum atomic E-state index is -0.374. The lowest BCUT2D eigenvalue weighted by Gasteiger charge is -2.35. The summed E-state index contributed by atoms with van der Waals surface area (Å²) < 4.78 is 0. The van der Waals surface area contributed by atoms with Crippen LogP contribution in [0.2, 0.25) is 0 Å². The summed E-state index contributed by atoms with van der Waals surface area (Å²) in [5, 5.41) is 15.8. The van der Waals surface area contributed by atoms with Gasteiger partial charge in [0.05, 0.1) is 5.60 Å². The molecule has 1 fully saturated rings. The molecule has 2 N–H and O–H groups in total. The maximum absolute atomic E-state index is 10.1. The van der Waals surface area contributed by atoms with Gasteiger partial charge in [-0.15, -0.1) is 11.3 Å². The van der Waals surface area contributed by atoms with Crippen LogP contribution in [-0.2, 0) is 6.54 Å². The van der Waals surface area contributed by atoms with Gasteiger partial charge in [0.1, 0.15) is 0 Å². The van der Waals surface area contributed by atoms with Gasteiger partial charge in [-0.3, -0.25) is 0 Å². The number of thiophene rings is 1. The van der Waals surface area contributed by atoms with E-state index in [1.54, 1.807) is 11.3 Å². The molecule has 0 atom stereocenters. The van der Waals surface area contributed by atoms with Crippen LogP contribution in [0.4, 0.5) is 0 Å². The predicted molar refractivity (Wildman–Crippen MR) is 68.7 cm³/mol. The van der Waals surface area contributed by atoms with Crippen molar-refractivity contribution in [2.45, 2.75) is 57.2 Å². The molecule has 1 aliphatic carbocycles. The normalized spacial score (nSPS) is 30.5. The molecule has 1 aromatic heterocycles. The van der Waals surface area contributed by atoms with E-state index in [1.165, 1.54) is 4.88 Å². The number of nitrogens with one attached hydrogen (secondary N) is 1. The Morgan fingerprint density at radius 2 is 2.25 bits per heavy atom. The zero-order valence-corrected chi connectivity index (χ0v) is 10.7. The summed E-state index contributed by atoms with van der Waals surface area (Å²) in [6.07, 6.45) is 5.01. The second-order valence-corrected chi connectivity index (χ2v) is 5.84. The molecule has 0 aromatic carbocycles. The van der Waals surface area contributed by atoms with Crippen molar-refractivity contribution in [3.8, 4) is 0 Å². The van der Waals surface area contributed by atoms with Crippen molar-refractivity contribution < 1.29 is 5.11 Å². The summed E-state index contributed by atoms with van der Waals surface area (Å²) in [6.45, 7) is 3.06. The molecule has 0 bridgehead atoms. The third-order valence-electron chi connectivity index (χ3n) is 3.72. The Bertz CT molecular complexity index is 302. The van der Waals surface area contributed by atoms with Crippen LogP contribution in [0, 0.1) is 0 Å². The fourth-order valence-electron chi connectivity index (χ4n) is 2.37. The van der Waals surface area contributed by atoms with E-state index in [1.807, 2.05) is 0 Å². The third-order valence-corrected chi connectivity index (χ3v) is 4.60. The SMILES string of the molecule is CCC1(O)CCC(NCc2cccs2)CC1. The molecule has 90 valence electrons. The molecule has 0 saturated heterocycles. The Labute approximate surface area is 102 Å². The van der Waals surface area contributed by atoms with Crippen LogP contribution >= 0.6 is 11.3 Å². The Morgan fingerprint density at radius 1 is 1.50 bits per heavy atom. The lowest BCUT2D eigenvalue weighted by Crippen LogP contribution is -2.40. The topological polar surface area (TPSA) is 32.3 Å². The number of rotatable bonds is 4. The molecule has 0 radical (unpaired) electrons. The van der Waals surface area contributed by atoms with Crippen LogP contribution in [0.1, 0.15) is 43.9 Å². The highest BCUT2D eigenvalue weighted by atomic mass is 32.1. The Hall–Kier alpha value is -0.380. The first kappa shape index (κ1) is 12.1. The number of aliphatic hydroxyl groups is 1. The second-order valence-electron chi connectivity index (χ2n) is 4.81. The minimum absolute atomic E-state index is 0.374. The van der Waals surface area contributed by atoms with Crippen molar-refractivity contribution in [2.75, 3.05) is 0 Å². The van der Waals surface area contributed by atoms with Crippen molar-refractivity contribution >= 4 is 11.3 Å². The number of hydrogen-bond donors (Lipinski definition) is 2. The smallest absolute Gasteiger partial charge is 0.0646 e. The van der Waals surface area contributed by atoms with Gasteiger partial charge in [-0.2, -0.15) is 0 Å². The Kier molecular flexibility index (Phi) is 4.00. The van der Waals surface area contributed by atoms with E-state index in [4.69, 9.17) is 0 Å². The summed E-state index contributed by atoms with van der Waals surface area (Å²) in [7, 11) is 0. The van der Waals surface area contributed by atoms with Gasteiger partial charge in [0.2, 0.25) is 0 Å². The average Bonchev–Trinajstić information content (AvgIpc) is 2.81. The van der Waals surface area contributed by atoms with Gasteiger partial charge in [-0.05, 0) is 43.6 Å². The first-order chi connectivity index (χ1) is 7.72. The molecule has 0 unspecified atom stereocenters. The largest absolute Gasteiger partial charge is 0.390 e. The van der Waals surface area contributed by atoms with E-state index in [0.717, 1.165) is 38.6 Å². The summed E-state index contributed by atoms with van der Waals surface area (Å²) in [5.41, 5.74) is -0.374. The summed E-state index contributed by atoms with van der Waals surface area (Å²) in [4.78, 5) is 1.40. The zero-order chi connectivity index (χ0) is 11.4. The number of hydrogen-bond acceptors (Lipinski definition) is 3. The monoisotopic (exact) mass is 239 g/mol. The van der Waals surface area contributed by atoms with Crippen LogP contribution in [-0.4, -0.2) is 16.7 Å². The lowest BCUT2D eigenvalue weighted by molar-refractivity contribution is -0.00689. The minimum Gasteiger partial charge on any atom is -0.390 e. The molecule has 0 amide bonds. The molecule has 0 spiro atoms. The van der Waals surface area contributed by atoms with Crippen molar-refractivity contribution in [1.29, 1.82) is 0 Å².